The summed E-state index contributed by atoms with van der Waals surface area (Å²) in [6, 6.07) is 6.59. The van der Waals surface area contributed by atoms with Crippen molar-refractivity contribution in [1.82, 2.24) is 4.98 Å². The van der Waals surface area contributed by atoms with Crippen molar-refractivity contribution >= 4 is 5.82 Å². The number of hydrogen-bond donors (Lipinski definition) is 1. The number of aromatic nitrogens is 1. The van der Waals surface area contributed by atoms with Gasteiger partial charge in [-0.2, -0.15) is 0 Å². The van der Waals surface area contributed by atoms with Crippen LogP contribution >= 0.6 is 0 Å². The van der Waals surface area contributed by atoms with Crippen LogP contribution in [0, 0.1) is 6.92 Å². The van der Waals surface area contributed by atoms with E-state index in [9.17, 15) is 0 Å². The van der Waals surface area contributed by atoms with Gasteiger partial charge in [0.1, 0.15) is 5.82 Å². The maximum absolute atomic E-state index is 5.34. The molecule has 15 heavy (non-hydrogen) atoms. The highest BCUT2D eigenvalue weighted by Gasteiger charge is 2.24. The molecule has 0 radical (unpaired) electrons. The molecule has 1 aliphatic carbocycles. The normalized spacial score (nSPS) is 25.5. The largest absolute Gasteiger partial charge is 0.381 e. The van der Waals surface area contributed by atoms with Gasteiger partial charge in [0, 0.05) is 18.8 Å². The van der Waals surface area contributed by atoms with Gasteiger partial charge in [-0.3, -0.25) is 0 Å². The van der Waals surface area contributed by atoms with Gasteiger partial charge in [0.2, 0.25) is 0 Å². The van der Waals surface area contributed by atoms with Gasteiger partial charge in [0.05, 0.1) is 6.10 Å². The molecule has 1 N–H and O–H groups in total. The molecule has 0 aliphatic heterocycles. The smallest absolute Gasteiger partial charge is 0.126 e. The van der Waals surface area contributed by atoms with E-state index in [0.717, 1.165) is 24.4 Å². The molecule has 3 nitrogen and oxygen atoms in total. The predicted octanol–water partition coefficient (Wildman–Crippen LogP) is 2.37. The van der Waals surface area contributed by atoms with Crippen LogP contribution in [0.15, 0.2) is 18.2 Å². The number of rotatable bonds is 3. The van der Waals surface area contributed by atoms with Crippen molar-refractivity contribution in [2.75, 3.05) is 12.4 Å². The van der Waals surface area contributed by atoms with Crippen molar-refractivity contribution in [3.05, 3.63) is 23.9 Å². The number of anilines is 1. The molecule has 1 fully saturated rings. The van der Waals surface area contributed by atoms with E-state index in [1.165, 1.54) is 6.42 Å². The second kappa shape index (κ2) is 4.62. The Bertz CT molecular complexity index is 327. The maximum atomic E-state index is 5.34. The van der Waals surface area contributed by atoms with Crippen LogP contribution in [-0.4, -0.2) is 24.2 Å². The molecule has 2 unspecified atom stereocenters. The first-order valence-corrected chi connectivity index (χ1v) is 5.51. The Morgan fingerprint density at radius 3 is 2.93 bits per heavy atom. The minimum absolute atomic E-state index is 0.423. The van der Waals surface area contributed by atoms with Crippen LogP contribution in [0.2, 0.25) is 0 Å². The Labute approximate surface area is 90.9 Å². The first-order valence-electron chi connectivity index (χ1n) is 5.51. The molecular formula is C12H18N2O. The second-order valence-electron chi connectivity index (χ2n) is 4.18. The Balaban J connectivity index is 1.92. The molecule has 3 heteroatoms. The lowest BCUT2D eigenvalue weighted by atomic mass is 10.2. The number of aryl methyl sites for hydroxylation is 1. The Morgan fingerprint density at radius 2 is 2.27 bits per heavy atom. The van der Waals surface area contributed by atoms with Gasteiger partial charge in [0.25, 0.3) is 0 Å². The second-order valence-corrected chi connectivity index (χ2v) is 4.18. The molecule has 1 aliphatic rings. The maximum Gasteiger partial charge on any atom is 0.126 e. The number of nitrogens with one attached hydrogen (secondary N) is 1. The van der Waals surface area contributed by atoms with E-state index in [1.54, 1.807) is 7.11 Å². The predicted molar refractivity (Wildman–Crippen MR) is 61.0 cm³/mol. The highest BCUT2D eigenvalue weighted by molar-refractivity contribution is 5.36. The van der Waals surface area contributed by atoms with Crippen LogP contribution in [-0.2, 0) is 4.74 Å². The summed E-state index contributed by atoms with van der Waals surface area (Å²) in [6.45, 7) is 2.01. The summed E-state index contributed by atoms with van der Waals surface area (Å²) in [5.74, 6) is 0.983. The van der Waals surface area contributed by atoms with Crippen LogP contribution < -0.4 is 5.32 Å². The van der Waals surface area contributed by atoms with Crippen LogP contribution in [0.1, 0.15) is 25.0 Å². The SMILES string of the molecule is COC1CCC(Nc2cccc(C)n2)C1. The van der Waals surface area contributed by atoms with E-state index in [-0.39, 0.29) is 0 Å². The quantitative estimate of drug-likeness (QED) is 0.824. The third-order valence-electron chi connectivity index (χ3n) is 2.96. The first-order chi connectivity index (χ1) is 7.28. The van der Waals surface area contributed by atoms with E-state index >= 15 is 0 Å². The Morgan fingerprint density at radius 1 is 1.40 bits per heavy atom. The molecule has 2 atom stereocenters. The zero-order chi connectivity index (χ0) is 10.7. The topological polar surface area (TPSA) is 34.1 Å². The van der Waals surface area contributed by atoms with Crippen molar-refractivity contribution in [3.63, 3.8) is 0 Å². The first kappa shape index (κ1) is 10.4. The molecule has 1 saturated carbocycles. The third kappa shape index (κ3) is 2.69. The molecule has 0 bridgehead atoms. The van der Waals surface area contributed by atoms with Gasteiger partial charge >= 0.3 is 0 Å². The molecule has 1 heterocycles. The van der Waals surface area contributed by atoms with Crippen LogP contribution in [0.5, 0.6) is 0 Å². The van der Waals surface area contributed by atoms with Gasteiger partial charge in [0.15, 0.2) is 0 Å². The molecule has 0 amide bonds. The van der Waals surface area contributed by atoms with Gasteiger partial charge < -0.3 is 10.1 Å². The molecule has 1 aromatic heterocycles. The zero-order valence-electron chi connectivity index (χ0n) is 9.36. The minimum atomic E-state index is 0.423. The van der Waals surface area contributed by atoms with E-state index in [1.807, 2.05) is 25.1 Å². The summed E-state index contributed by atoms with van der Waals surface area (Å²) in [6.07, 6.45) is 3.84. The molecule has 2 rings (SSSR count). The Hall–Kier alpha value is -1.09. The van der Waals surface area contributed by atoms with E-state index in [0.29, 0.717) is 12.1 Å². The minimum Gasteiger partial charge on any atom is -0.381 e. The van der Waals surface area contributed by atoms with E-state index in [2.05, 4.69) is 10.3 Å². The molecule has 82 valence electrons. The zero-order valence-corrected chi connectivity index (χ0v) is 9.36. The van der Waals surface area contributed by atoms with E-state index in [4.69, 9.17) is 4.74 Å². The van der Waals surface area contributed by atoms with Crippen molar-refractivity contribution in [2.24, 2.45) is 0 Å². The fourth-order valence-electron chi connectivity index (χ4n) is 2.12. The van der Waals surface area contributed by atoms with Crippen molar-refractivity contribution in [1.29, 1.82) is 0 Å². The number of hydrogen-bond acceptors (Lipinski definition) is 3. The lowest BCUT2D eigenvalue weighted by Gasteiger charge is -2.13. The molecule has 0 saturated heterocycles. The molecule has 0 aromatic carbocycles. The van der Waals surface area contributed by atoms with Gasteiger partial charge in [-0.15, -0.1) is 0 Å². The lowest BCUT2D eigenvalue weighted by Crippen LogP contribution is -2.18. The summed E-state index contributed by atoms with van der Waals surface area (Å²) >= 11 is 0. The van der Waals surface area contributed by atoms with Crippen LogP contribution in [0.3, 0.4) is 0 Å². The van der Waals surface area contributed by atoms with Crippen molar-refractivity contribution < 1.29 is 4.74 Å². The molecule has 0 spiro atoms. The number of methoxy groups -OCH3 is 1. The van der Waals surface area contributed by atoms with Gasteiger partial charge in [-0.1, -0.05) is 6.07 Å². The standard InChI is InChI=1S/C12H18N2O/c1-9-4-3-5-12(13-9)14-10-6-7-11(8-10)15-2/h3-5,10-11H,6-8H2,1-2H3,(H,13,14). The van der Waals surface area contributed by atoms with Gasteiger partial charge in [-0.25, -0.2) is 4.98 Å². The summed E-state index contributed by atoms with van der Waals surface area (Å²) in [5.41, 5.74) is 1.06. The highest BCUT2D eigenvalue weighted by Crippen LogP contribution is 2.24. The van der Waals surface area contributed by atoms with Gasteiger partial charge in [-0.05, 0) is 38.3 Å². The number of ether oxygens (including phenoxy) is 1. The Kier molecular flexibility index (Phi) is 3.21. The van der Waals surface area contributed by atoms with Crippen molar-refractivity contribution in [3.8, 4) is 0 Å². The number of pyridine rings is 1. The molecular weight excluding hydrogens is 188 g/mol. The van der Waals surface area contributed by atoms with E-state index < -0.39 is 0 Å². The highest BCUT2D eigenvalue weighted by atomic mass is 16.5. The summed E-state index contributed by atoms with van der Waals surface area (Å²) < 4.78 is 5.34. The van der Waals surface area contributed by atoms with Crippen LogP contribution in [0.25, 0.3) is 0 Å². The van der Waals surface area contributed by atoms with Crippen LogP contribution in [0.4, 0.5) is 5.82 Å². The molecule has 1 aromatic rings. The summed E-state index contributed by atoms with van der Waals surface area (Å²) in [7, 11) is 1.79. The number of nitrogens with zero attached hydrogens (tertiary/aromatic N) is 1. The summed E-state index contributed by atoms with van der Waals surface area (Å²) in [5, 5.41) is 3.45. The summed E-state index contributed by atoms with van der Waals surface area (Å²) in [4.78, 5) is 4.44. The lowest BCUT2D eigenvalue weighted by molar-refractivity contribution is 0.108. The average Bonchev–Trinajstić information content (AvgIpc) is 2.65. The average molecular weight is 206 g/mol. The third-order valence-corrected chi connectivity index (χ3v) is 2.96. The fraction of sp³-hybridized carbons (Fsp3) is 0.583. The van der Waals surface area contributed by atoms with Crippen molar-refractivity contribution in [2.45, 2.75) is 38.3 Å². The fourth-order valence-corrected chi connectivity index (χ4v) is 2.12. The monoisotopic (exact) mass is 206 g/mol.